The lowest BCUT2D eigenvalue weighted by atomic mass is 9.91. The van der Waals surface area contributed by atoms with Gasteiger partial charge in [-0.1, -0.05) is 73.7 Å². The number of allylic oxidation sites excluding steroid dienone is 2. The molecule has 0 radical (unpaired) electrons. The Morgan fingerprint density at radius 3 is 2.50 bits per heavy atom. The normalized spacial score (nSPS) is 22.2. The Balaban J connectivity index is 1.71. The topological polar surface area (TPSA) is 3.24 Å². The summed E-state index contributed by atoms with van der Waals surface area (Å²) in [6.45, 7) is 2.23. The SMILES string of the molecule is CCC1=CC(c2cccc(-c3ccccc3)c2)N(C2C=CC2)C=C1. The number of benzene rings is 2. The van der Waals surface area contributed by atoms with Crippen LogP contribution in [0.15, 0.2) is 90.7 Å². The number of hydrogen-bond acceptors (Lipinski definition) is 1. The highest BCUT2D eigenvalue weighted by atomic mass is 15.2. The molecule has 0 aromatic heterocycles. The van der Waals surface area contributed by atoms with Crippen molar-refractivity contribution in [3.63, 3.8) is 0 Å². The van der Waals surface area contributed by atoms with Gasteiger partial charge in [0.1, 0.15) is 0 Å². The van der Waals surface area contributed by atoms with E-state index >= 15 is 0 Å². The molecule has 0 bridgehead atoms. The van der Waals surface area contributed by atoms with E-state index < -0.39 is 0 Å². The molecular formula is C23H23N. The lowest BCUT2D eigenvalue weighted by Gasteiger charge is -2.40. The second-order valence-electron chi connectivity index (χ2n) is 6.53. The molecule has 0 saturated carbocycles. The summed E-state index contributed by atoms with van der Waals surface area (Å²) in [5, 5.41) is 0. The van der Waals surface area contributed by atoms with Crippen molar-refractivity contribution in [3.8, 4) is 11.1 Å². The van der Waals surface area contributed by atoms with Crippen molar-refractivity contribution in [3.05, 3.63) is 96.2 Å². The zero-order valence-corrected chi connectivity index (χ0v) is 14.1. The van der Waals surface area contributed by atoms with Gasteiger partial charge in [-0.05, 0) is 47.2 Å². The third-order valence-electron chi connectivity index (χ3n) is 5.02. The quantitative estimate of drug-likeness (QED) is 0.636. The highest BCUT2D eigenvalue weighted by Gasteiger charge is 2.26. The standard InChI is InChI=1S/C23H23N/c1-2-18-14-15-24(22-12-7-13-22)23(16-18)21-11-6-10-20(17-21)19-8-4-3-5-9-19/h3-12,14-17,22-23H,2,13H2,1H3. The van der Waals surface area contributed by atoms with Crippen LogP contribution in [0.4, 0.5) is 0 Å². The van der Waals surface area contributed by atoms with Gasteiger partial charge in [-0.15, -0.1) is 0 Å². The summed E-state index contributed by atoms with van der Waals surface area (Å²) < 4.78 is 0. The van der Waals surface area contributed by atoms with Crippen LogP contribution in [0.3, 0.4) is 0 Å². The van der Waals surface area contributed by atoms with Crippen LogP contribution in [0.1, 0.15) is 31.4 Å². The Morgan fingerprint density at radius 1 is 1.00 bits per heavy atom. The van der Waals surface area contributed by atoms with Crippen LogP contribution < -0.4 is 0 Å². The average Bonchev–Trinajstić information content (AvgIpc) is 2.61. The van der Waals surface area contributed by atoms with E-state index in [0.717, 1.165) is 12.8 Å². The zero-order valence-electron chi connectivity index (χ0n) is 14.1. The molecule has 2 unspecified atom stereocenters. The lowest BCUT2D eigenvalue weighted by Crippen LogP contribution is -2.36. The summed E-state index contributed by atoms with van der Waals surface area (Å²) in [5.41, 5.74) is 5.36. The third kappa shape index (κ3) is 2.82. The van der Waals surface area contributed by atoms with Gasteiger partial charge >= 0.3 is 0 Å². The molecule has 24 heavy (non-hydrogen) atoms. The van der Waals surface area contributed by atoms with Gasteiger partial charge in [0.15, 0.2) is 0 Å². The zero-order chi connectivity index (χ0) is 16.4. The molecule has 0 saturated heterocycles. The fraction of sp³-hybridized carbons (Fsp3) is 0.217. The molecule has 2 atom stereocenters. The molecule has 2 aliphatic rings. The summed E-state index contributed by atoms with van der Waals surface area (Å²) >= 11 is 0. The second kappa shape index (κ2) is 6.52. The number of hydrogen-bond donors (Lipinski definition) is 0. The van der Waals surface area contributed by atoms with Crippen LogP contribution in [-0.2, 0) is 0 Å². The van der Waals surface area contributed by atoms with Crippen molar-refractivity contribution < 1.29 is 0 Å². The molecule has 1 heteroatoms. The largest absolute Gasteiger partial charge is 0.360 e. The third-order valence-corrected chi connectivity index (χ3v) is 5.02. The number of nitrogens with zero attached hydrogens (tertiary/aromatic N) is 1. The Bertz CT molecular complexity index is 798. The average molecular weight is 313 g/mol. The van der Waals surface area contributed by atoms with Crippen LogP contribution in [0.2, 0.25) is 0 Å². The van der Waals surface area contributed by atoms with E-state index in [0.29, 0.717) is 12.1 Å². The predicted octanol–water partition coefficient (Wildman–Crippen LogP) is 5.89. The Labute approximate surface area is 144 Å². The molecule has 1 aliphatic carbocycles. The molecule has 120 valence electrons. The minimum atomic E-state index is 0.323. The summed E-state index contributed by atoms with van der Waals surface area (Å²) in [6, 6.07) is 20.5. The Hall–Kier alpha value is -2.54. The van der Waals surface area contributed by atoms with E-state index in [4.69, 9.17) is 0 Å². The Morgan fingerprint density at radius 2 is 1.79 bits per heavy atom. The first-order valence-electron chi connectivity index (χ1n) is 8.83. The van der Waals surface area contributed by atoms with Gasteiger partial charge in [0.25, 0.3) is 0 Å². The van der Waals surface area contributed by atoms with E-state index in [2.05, 4.69) is 96.9 Å². The monoisotopic (exact) mass is 313 g/mol. The molecule has 0 N–H and O–H groups in total. The predicted molar refractivity (Wildman–Crippen MR) is 102 cm³/mol. The van der Waals surface area contributed by atoms with Gasteiger partial charge in [-0.25, -0.2) is 0 Å². The van der Waals surface area contributed by atoms with Crippen LogP contribution >= 0.6 is 0 Å². The maximum absolute atomic E-state index is 2.49. The van der Waals surface area contributed by atoms with Crippen LogP contribution in [0.25, 0.3) is 11.1 Å². The van der Waals surface area contributed by atoms with Crippen molar-refractivity contribution in [1.82, 2.24) is 4.90 Å². The first-order valence-corrected chi connectivity index (χ1v) is 8.83. The number of rotatable bonds is 4. The minimum absolute atomic E-state index is 0.323. The highest BCUT2D eigenvalue weighted by Crippen LogP contribution is 2.35. The van der Waals surface area contributed by atoms with Gasteiger partial charge in [-0.2, -0.15) is 0 Å². The van der Waals surface area contributed by atoms with Gasteiger partial charge in [-0.3, -0.25) is 0 Å². The van der Waals surface area contributed by atoms with Crippen LogP contribution in [-0.4, -0.2) is 10.9 Å². The maximum Gasteiger partial charge on any atom is 0.0733 e. The molecule has 1 heterocycles. The molecule has 0 amide bonds. The first kappa shape index (κ1) is 15.0. The molecule has 2 aromatic carbocycles. The van der Waals surface area contributed by atoms with Gasteiger partial charge in [0.2, 0.25) is 0 Å². The van der Waals surface area contributed by atoms with E-state index in [9.17, 15) is 0 Å². The van der Waals surface area contributed by atoms with Crippen molar-refractivity contribution in [2.24, 2.45) is 0 Å². The summed E-state index contributed by atoms with van der Waals surface area (Å²) in [7, 11) is 0. The highest BCUT2D eigenvalue weighted by molar-refractivity contribution is 5.64. The maximum atomic E-state index is 2.49. The van der Waals surface area contributed by atoms with Crippen molar-refractivity contribution in [2.75, 3.05) is 0 Å². The molecule has 2 aromatic rings. The van der Waals surface area contributed by atoms with Gasteiger partial charge in [0.05, 0.1) is 12.1 Å². The molecule has 0 spiro atoms. The van der Waals surface area contributed by atoms with Crippen LogP contribution in [0.5, 0.6) is 0 Å². The minimum Gasteiger partial charge on any atom is -0.360 e. The molecular weight excluding hydrogens is 290 g/mol. The summed E-state index contributed by atoms with van der Waals surface area (Å²) in [4.78, 5) is 2.49. The van der Waals surface area contributed by atoms with E-state index in [1.165, 1.54) is 22.3 Å². The lowest BCUT2D eigenvalue weighted by molar-refractivity contribution is 0.256. The van der Waals surface area contributed by atoms with Crippen molar-refractivity contribution >= 4 is 0 Å². The fourth-order valence-electron chi connectivity index (χ4n) is 3.45. The molecule has 4 rings (SSSR count). The van der Waals surface area contributed by atoms with E-state index in [-0.39, 0.29) is 0 Å². The fourth-order valence-corrected chi connectivity index (χ4v) is 3.45. The molecule has 1 aliphatic heterocycles. The van der Waals surface area contributed by atoms with E-state index in [1.807, 2.05) is 0 Å². The second-order valence-corrected chi connectivity index (χ2v) is 6.53. The van der Waals surface area contributed by atoms with Crippen molar-refractivity contribution in [2.45, 2.75) is 31.8 Å². The summed E-state index contributed by atoms with van der Waals surface area (Å²) in [6.07, 6.45) is 13.8. The van der Waals surface area contributed by atoms with E-state index in [1.54, 1.807) is 0 Å². The first-order chi connectivity index (χ1) is 11.8. The summed E-state index contributed by atoms with van der Waals surface area (Å²) in [5.74, 6) is 0. The smallest absolute Gasteiger partial charge is 0.0733 e. The van der Waals surface area contributed by atoms with Crippen LogP contribution in [0, 0.1) is 0 Å². The van der Waals surface area contributed by atoms with Gasteiger partial charge < -0.3 is 4.90 Å². The van der Waals surface area contributed by atoms with Gasteiger partial charge in [0, 0.05) is 6.20 Å². The van der Waals surface area contributed by atoms with Crippen molar-refractivity contribution in [1.29, 1.82) is 0 Å². The molecule has 0 fully saturated rings. The Kier molecular flexibility index (Phi) is 4.08. The molecule has 1 nitrogen and oxygen atoms in total.